The van der Waals surface area contributed by atoms with Crippen molar-refractivity contribution in [2.75, 3.05) is 20.6 Å². The SMILES string of the molecule is CN1CC(C)(C)N(C)C(C)(C)C1=O. The molecule has 3 nitrogen and oxygen atoms in total. The topological polar surface area (TPSA) is 23.6 Å². The van der Waals surface area contributed by atoms with Gasteiger partial charge in [0, 0.05) is 19.1 Å². The van der Waals surface area contributed by atoms with Gasteiger partial charge >= 0.3 is 0 Å². The third kappa shape index (κ3) is 1.46. The van der Waals surface area contributed by atoms with E-state index in [4.69, 9.17) is 0 Å². The van der Waals surface area contributed by atoms with Gasteiger partial charge in [-0.05, 0) is 34.7 Å². The van der Waals surface area contributed by atoms with Gasteiger partial charge in [0.2, 0.25) is 5.91 Å². The zero-order valence-electron chi connectivity index (χ0n) is 9.51. The number of rotatable bonds is 0. The van der Waals surface area contributed by atoms with E-state index in [1.54, 1.807) is 0 Å². The first-order chi connectivity index (χ1) is 5.69. The van der Waals surface area contributed by atoms with Gasteiger partial charge in [-0.3, -0.25) is 9.69 Å². The second-order valence-corrected chi connectivity index (χ2v) is 5.09. The molecule has 0 atom stereocenters. The molecule has 1 heterocycles. The highest BCUT2D eigenvalue weighted by Crippen LogP contribution is 2.30. The van der Waals surface area contributed by atoms with Crippen molar-refractivity contribution in [3.8, 4) is 0 Å². The van der Waals surface area contributed by atoms with Crippen LogP contribution in [0.5, 0.6) is 0 Å². The Hall–Kier alpha value is -0.570. The van der Waals surface area contributed by atoms with Crippen molar-refractivity contribution >= 4 is 5.91 Å². The van der Waals surface area contributed by atoms with E-state index in [1.807, 2.05) is 32.8 Å². The summed E-state index contributed by atoms with van der Waals surface area (Å²) in [4.78, 5) is 15.8. The number of hydrogen-bond donors (Lipinski definition) is 0. The minimum atomic E-state index is -0.378. The normalized spacial score (nSPS) is 27.8. The van der Waals surface area contributed by atoms with E-state index >= 15 is 0 Å². The minimum Gasteiger partial charge on any atom is -0.342 e. The smallest absolute Gasteiger partial charge is 0.242 e. The maximum Gasteiger partial charge on any atom is 0.242 e. The lowest BCUT2D eigenvalue weighted by Crippen LogP contribution is -2.69. The molecule has 1 rings (SSSR count). The van der Waals surface area contributed by atoms with Crippen molar-refractivity contribution in [3.63, 3.8) is 0 Å². The first-order valence-corrected chi connectivity index (χ1v) is 4.69. The summed E-state index contributed by atoms with van der Waals surface area (Å²) in [5, 5.41) is 0. The zero-order chi connectivity index (χ0) is 10.4. The fraction of sp³-hybridized carbons (Fsp3) is 0.900. The summed E-state index contributed by atoms with van der Waals surface area (Å²) >= 11 is 0. The lowest BCUT2D eigenvalue weighted by molar-refractivity contribution is -0.155. The molecule has 0 spiro atoms. The maximum atomic E-state index is 11.8. The Morgan fingerprint density at radius 1 is 1.15 bits per heavy atom. The third-order valence-corrected chi connectivity index (χ3v) is 3.24. The van der Waals surface area contributed by atoms with E-state index in [2.05, 4.69) is 18.7 Å². The Kier molecular flexibility index (Phi) is 2.19. The molecule has 0 saturated carbocycles. The summed E-state index contributed by atoms with van der Waals surface area (Å²) in [5.41, 5.74) is -0.317. The molecule has 0 aliphatic carbocycles. The molecule has 0 unspecified atom stereocenters. The predicted molar refractivity (Wildman–Crippen MR) is 53.6 cm³/mol. The number of nitrogens with zero attached hydrogens (tertiary/aromatic N) is 2. The molecule has 76 valence electrons. The van der Waals surface area contributed by atoms with Gasteiger partial charge in [-0.15, -0.1) is 0 Å². The summed E-state index contributed by atoms with van der Waals surface area (Å²) in [6.45, 7) is 9.08. The third-order valence-electron chi connectivity index (χ3n) is 3.24. The van der Waals surface area contributed by atoms with E-state index in [-0.39, 0.29) is 17.0 Å². The Balaban J connectivity index is 3.03. The van der Waals surface area contributed by atoms with Crippen LogP contribution in [0.3, 0.4) is 0 Å². The van der Waals surface area contributed by atoms with Gasteiger partial charge in [-0.2, -0.15) is 0 Å². The van der Waals surface area contributed by atoms with Crippen molar-refractivity contribution in [3.05, 3.63) is 0 Å². The highest BCUT2D eigenvalue weighted by atomic mass is 16.2. The summed E-state index contributed by atoms with van der Waals surface area (Å²) in [6, 6.07) is 0. The predicted octanol–water partition coefficient (Wildman–Crippen LogP) is 0.947. The molecule has 0 aromatic carbocycles. The Morgan fingerprint density at radius 2 is 1.62 bits per heavy atom. The molecule has 3 heteroatoms. The first kappa shape index (κ1) is 10.5. The van der Waals surface area contributed by atoms with Gasteiger partial charge in [0.15, 0.2) is 0 Å². The van der Waals surface area contributed by atoms with Gasteiger partial charge in [0.25, 0.3) is 0 Å². The lowest BCUT2D eigenvalue weighted by atomic mass is 9.88. The van der Waals surface area contributed by atoms with E-state index in [0.29, 0.717) is 0 Å². The molecule has 0 aromatic rings. The maximum absolute atomic E-state index is 11.8. The molecule has 1 aliphatic heterocycles. The Bertz CT molecular complexity index is 233. The Labute approximate surface area is 80.7 Å². The van der Waals surface area contributed by atoms with Crippen LogP contribution >= 0.6 is 0 Å². The number of carbonyl (C=O) groups is 1. The van der Waals surface area contributed by atoms with Crippen LogP contribution < -0.4 is 0 Å². The molecular formula is C10H20N2O. The number of amides is 1. The molecule has 0 radical (unpaired) electrons. The molecule has 0 bridgehead atoms. The van der Waals surface area contributed by atoms with Crippen LogP contribution in [-0.2, 0) is 4.79 Å². The van der Waals surface area contributed by atoms with E-state index in [9.17, 15) is 4.79 Å². The number of carbonyl (C=O) groups excluding carboxylic acids is 1. The zero-order valence-corrected chi connectivity index (χ0v) is 9.51. The van der Waals surface area contributed by atoms with Crippen LogP contribution in [0, 0.1) is 0 Å². The van der Waals surface area contributed by atoms with Crippen molar-refractivity contribution in [1.29, 1.82) is 0 Å². The van der Waals surface area contributed by atoms with Crippen LogP contribution in [0.1, 0.15) is 27.7 Å². The van der Waals surface area contributed by atoms with Gasteiger partial charge in [-0.25, -0.2) is 0 Å². The van der Waals surface area contributed by atoms with Gasteiger partial charge in [-0.1, -0.05) is 0 Å². The number of hydrogen-bond acceptors (Lipinski definition) is 2. The van der Waals surface area contributed by atoms with E-state index in [0.717, 1.165) is 6.54 Å². The highest BCUT2D eigenvalue weighted by molar-refractivity contribution is 5.86. The van der Waals surface area contributed by atoms with Crippen molar-refractivity contribution in [2.24, 2.45) is 0 Å². The van der Waals surface area contributed by atoms with Crippen LogP contribution in [0.2, 0.25) is 0 Å². The molecule has 1 amide bonds. The molecule has 0 aromatic heterocycles. The molecule has 1 aliphatic rings. The van der Waals surface area contributed by atoms with Gasteiger partial charge in [0.05, 0.1) is 5.54 Å². The fourth-order valence-electron chi connectivity index (χ4n) is 2.13. The first-order valence-electron chi connectivity index (χ1n) is 4.69. The molecular weight excluding hydrogens is 164 g/mol. The van der Waals surface area contributed by atoms with Crippen LogP contribution in [0.15, 0.2) is 0 Å². The average molecular weight is 184 g/mol. The Morgan fingerprint density at radius 3 is 2.08 bits per heavy atom. The molecule has 0 N–H and O–H groups in total. The summed E-state index contributed by atoms with van der Waals surface area (Å²) in [7, 11) is 3.89. The van der Waals surface area contributed by atoms with Gasteiger partial charge in [0.1, 0.15) is 0 Å². The minimum absolute atomic E-state index is 0.0617. The van der Waals surface area contributed by atoms with E-state index < -0.39 is 0 Å². The van der Waals surface area contributed by atoms with Crippen LogP contribution in [0.25, 0.3) is 0 Å². The quantitative estimate of drug-likeness (QED) is 0.559. The molecule has 1 fully saturated rings. The highest BCUT2D eigenvalue weighted by Gasteiger charge is 2.46. The van der Waals surface area contributed by atoms with Gasteiger partial charge < -0.3 is 4.90 Å². The number of likely N-dealkylation sites (N-methyl/N-ethyl adjacent to an activating group) is 2. The monoisotopic (exact) mass is 184 g/mol. The number of piperazine rings is 1. The summed E-state index contributed by atoms with van der Waals surface area (Å²) in [5.74, 6) is 0.203. The standard InChI is InChI=1S/C10H20N2O/c1-9(2)7-11(5)8(13)10(3,4)12(9)6/h7H2,1-6H3. The fourth-order valence-corrected chi connectivity index (χ4v) is 2.13. The largest absolute Gasteiger partial charge is 0.342 e. The molecule has 1 saturated heterocycles. The average Bonchev–Trinajstić information content (AvgIpc) is 1.98. The van der Waals surface area contributed by atoms with E-state index in [1.165, 1.54) is 0 Å². The summed E-state index contributed by atoms with van der Waals surface area (Å²) in [6.07, 6.45) is 0. The van der Waals surface area contributed by atoms with Crippen molar-refractivity contribution in [1.82, 2.24) is 9.80 Å². The second kappa shape index (κ2) is 2.71. The van der Waals surface area contributed by atoms with Crippen molar-refractivity contribution in [2.45, 2.75) is 38.8 Å². The summed E-state index contributed by atoms with van der Waals surface area (Å²) < 4.78 is 0. The van der Waals surface area contributed by atoms with Crippen LogP contribution in [-0.4, -0.2) is 47.4 Å². The molecule has 13 heavy (non-hydrogen) atoms. The lowest BCUT2D eigenvalue weighted by Gasteiger charge is -2.52. The van der Waals surface area contributed by atoms with Crippen LogP contribution in [0.4, 0.5) is 0 Å². The van der Waals surface area contributed by atoms with Crippen molar-refractivity contribution < 1.29 is 4.79 Å². The second-order valence-electron chi connectivity index (χ2n) is 5.09.